The second kappa shape index (κ2) is 9.54. The van der Waals surface area contributed by atoms with Gasteiger partial charge in [0.05, 0.1) is 5.69 Å². The van der Waals surface area contributed by atoms with Crippen LogP contribution in [0, 0.1) is 0 Å². The molecule has 41 heavy (non-hydrogen) atoms. The number of hydrogen-bond donors (Lipinski definition) is 0. The van der Waals surface area contributed by atoms with Crippen LogP contribution in [-0.4, -0.2) is 4.98 Å². The van der Waals surface area contributed by atoms with Crippen molar-refractivity contribution in [2.75, 3.05) is 4.90 Å². The van der Waals surface area contributed by atoms with E-state index in [1.807, 2.05) is 60.7 Å². The first-order valence-electron chi connectivity index (χ1n) is 13.6. The minimum atomic E-state index is 0.624. The first-order chi connectivity index (χ1) is 20.3. The highest BCUT2D eigenvalue weighted by molar-refractivity contribution is 6.10. The molecule has 0 amide bonds. The van der Waals surface area contributed by atoms with Gasteiger partial charge in [0.15, 0.2) is 11.2 Å². The molecule has 0 saturated carbocycles. The third-order valence-electron chi connectivity index (χ3n) is 7.52. The molecule has 0 atom stereocenters. The fourth-order valence-electron chi connectivity index (χ4n) is 5.59. The summed E-state index contributed by atoms with van der Waals surface area (Å²) in [6, 6.07) is 49.6. The molecule has 4 heteroatoms. The molecule has 0 aliphatic carbocycles. The molecule has 0 N–H and O–H groups in total. The summed E-state index contributed by atoms with van der Waals surface area (Å²) in [4.78, 5) is 7.13. The maximum atomic E-state index is 6.43. The quantitative estimate of drug-likeness (QED) is 0.223. The van der Waals surface area contributed by atoms with Crippen LogP contribution in [0.15, 0.2) is 154 Å². The molecular formula is C37H24N2O2. The zero-order valence-electron chi connectivity index (χ0n) is 22.1. The van der Waals surface area contributed by atoms with Gasteiger partial charge >= 0.3 is 0 Å². The van der Waals surface area contributed by atoms with Gasteiger partial charge in [0.2, 0.25) is 5.89 Å². The lowest BCUT2D eigenvalue weighted by Gasteiger charge is -2.25. The van der Waals surface area contributed by atoms with E-state index in [0.717, 1.165) is 66.8 Å². The zero-order chi connectivity index (χ0) is 27.2. The Bertz CT molecular complexity index is 2140. The predicted octanol–water partition coefficient (Wildman–Crippen LogP) is 10.5. The fourth-order valence-corrected chi connectivity index (χ4v) is 5.59. The molecule has 6 aromatic carbocycles. The summed E-state index contributed by atoms with van der Waals surface area (Å²) in [6.07, 6.45) is 0. The van der Waals surface area contributed by atoms with Crippen molar-refractivity contribution in [2.45, 2.75) is 0 Å². The molecule has 0 aliphatic heterocycles. The van der Waals surface area contributed by atoms with Crippen molar-refractivity contribution in [3.05, 3.63) is 146 Å². The second-order valence-corrected chi connectivity index (χ2v) is 10.0. The van der Waals surface area contributed by atoms with E-state index < -0.39 is 0 Å². The van der Waals surface area contributed by atoms with Crippen LogP contribution in [0.2, 0.25) is 0 Å². The lowest BCUT2D eigenvalue weighted by atomic mass is 10.0. The normalized spacial score (nSPS) is 11.4. The molecule has 4 nitrogen and oxygen atoms in total. The number of anilines is 3. The Labute approximate surface area is 236 Å². The molecule has 0 unspecified atom stereocenters. The van der Waals surface area contributed by atoms with Crippen LogP contribution in [0.25, 0.3) is 55.6 Å². The van der Waals surface area contributed by atoms with Crippen molar-refractivity contribution in [3.63, 3.8) is 0 Å². The number of benzene rings is 6. The first-order valence-corrected chi connectivity index (χ1v) is 13.6. The van der Waals surface area contributed by atoms with E-state index in [2.05, 4.69) is 89.8 Å². The fraction of sp³-hybridized carbons (Fsp3) is 0. The van der Waals surface area contributed by atoms with E-state index in [-0.39, 0.29) is 0 Å². The van der Waals surface area contributed by atoms with Crippen molar-refractivity contribution in [1.82, 2.24) is 4.98 Å². The highest BCUT2D eigenvalue weighted by Gasteiger charge is 2.19. The number of para-hydroxylation sites is 4. The molecule has 0 aliphatic rings. The number of rotatable bonds is 5. The summed E-state index contributed by atoms with van der Waals surface area (Å²) in [7, 11) is 0. The SMILES string of the molecule is c1ccc(-c2nc3c(-c4ccc(N(c5ccccc5)c5cccc6c5oc5ccccc56)cc4)cccc3o2)cc1. The second-order valence-electron chi connectivity index (χ2n) is 10.0. The van der Waals surface area contributed by atoms with Gasteiger partial charge in [-0.3, -0.25) is 0 Å². The van der Waals surface area contributed by atoms with Gasteiger partial charge in [0.1, 0.15) is 11.1 Å². The third-order valence-corrected chi connectivity index (χ3v) is 7.52. The molecule has 8 aromatic rings. The van der Waals surface area contributed by atoms with Crippen LogP contribution >= 0.6 is 0 Å². The molecule has 194 valence electrons. The molecule has 0 bridgehead atoms. The van der Waals surface area contributed by atoms with Gasteiger partial charge in [-0.25, -0.2) is 4.98 Å². The molecule has 0 radical (unpaired) electrons. The lowest BCUT2D eigenvalue weighted by Crippen LogP contribution is -2.10. The third kappa shape index (κ3) is 3.97. The van der Waals surface area contributed by atoms with Gasteiger partial charge in [-0.05, 0) is 60.2 Å². The summed E-state index contributed by atoms with van der Waals surface area (Å²) in [6.45, 7) is 0. The minimum Gasteiger partial charge on any atom is -0.454 e. The van der Waals surface area contributed by atoms with Gasteiger partial charge < -0.3 is 13.7 Å². The number of oxazole rings is 1. The standard InChI is InChI=1S/C37H24N2O2/c1-3-11-26(12-4-1)37-38-35-29(16-10-20-34(35)41-37)25-21-23-28(24-22-25)39(27-13-5-2-6-14-27)32-18-9-17-31-30-15-7-8-19-33(30)40-36(31)32/h1-24H. The number of nitrogens with zero attached hydrogens (tertiary/aromatic N) is 2. The van der Waals surface area contributed by atoms with Gasteiger partial charge in [0.25, 0.3) is 0 Å². The van der Waals surface area contributed by atoms with Crippen LogP contribution < -0.4 is 4.90 Å². The van der Waals surface area contributed by atoms with Gasteiger partial charge in [-0.15, -0.1) is 0 Å². The molecule has 2 heterocycles. The van der Waals surface area contributed by atoms with E-state index >= 15 is 0 Å². The maximum Gasteiger partial charge on any atom is 0.227 e. The Morgan fingerprint density at radius 3 is 1.95 bits per heavy atom. The monoisotopic (exact) mass is 528 g/mol. The number of fused-ring (bicyclic) bond motifs is 4. The van der Waals surface area contributed by atoms with Crippen LogP contribution in [-0.2, 0) is 0 Å². The number of aromatic nitrogens is 1. The Hall–Kier alpha value is -5.61. The van der Waals surface area contributed by atoms with Gasteiger partial charge in [-0.2, -0.15) is 0 Å². The summed E-state index contributed by atoms with van der Waals surface area (Å²) >= 11 is 0. The van der Waals surface area contributed by atoms with E-state index in [0.29, 0.717) is 5.89 Å². The maximum absolute atomic E-state index is 6.43. The van der Waals surface area contributed by atoms with E-state index in [4.69, 9.17) is 13.8 Å². The Morgan fingerprint density at radius 1 is 0.463 bits per heavy atom. The van der Waals surface area contributed by atoms with E-state index in [1.54, 1.807) is 0 Å². The molecule has 2 aromatic heterocycles. The first kappa shape index (κ1) is 23.3. The van der Waals surface area contributed by atoms with E-state index in [1.165, 1.54) is 0 Å². The molecular weight excluding hydrogens is 504 g/mol. The topological polar surface area (TPSA) is 42.4 Å². The Morgan fingerprint density at radius 2 is 1.12 bits per heavy atom. The number of furan rings is 1. The van der Waals surface area contributed by atoms with Crippen LogP contribution in [0.3, 0.4) is 0 Å². The van der Waals surface area contributed by atoms with Crippen LogP contribution in [0.1, 0.15) is 0 Å². The van der Waals surface area contributed by atoms with Crippen molar-refractivity contribution in [3.8, 4) is 22.6 Å². The molecule has 0 spiro atoms. The summed E-state index contributed by atoms with van der Waals surface area (Å²) < 4.78 is 12.6. The molecule has 0 fully saturated rings. The smallest absolute Gasteiger partial charge is 0.227 e. The van der Waals surface area contributed by atoms with Gasteiger partial charge in [-0.1, -0.05) is 91.0 Å². The highest BCUT2D eigenvalue weighted by Crippen LogP contribution is 2.42. The molecule has 8 rings (SSSR count). The lowest BCUT2D eigenvalue weighted by molar-refractivity contribution is 0.620. The van der Waals surface area contributed by atoms with Crippen molar-refractivity contribution in [2.24, 2.45) is 0 Å². The van der Waals surface area contributed by atoms with Crippen molar-refractivity contribution in [1.29, 1.82) is 0 Å². The van der Waals surface area contributed by atoms with Crippen LogP contribution in [0.4, 0.5) is 17.1 Å². The van der Waals surface area contributed by atoms with Crippen LogP contribution in [0.5, 0.6) is 0 Å². The Balaban J connectivity index is 1.25. The van der Waals surface area contributed by atoms with Gasteiger partial charge in [0, 0.05) is 33.3 Å². The summed E-state index contributed by atoms with van der Waals surface area (Å²) in [5, 5.41) is 2.21. The van der Waals surface area contributed by atoms with Crippen molar-refractivity contribution < 1.29 is 8.83 Å². The zero-order valence-corrected chi connectivity index (χ0v) is 22.1. The predicted molar refractivity (Wildman–Crippen MR) is 167 cm³/mol. The Kier molecular flexibility index (Phi) is 5.42. The average Bonchev–Trinajstić information content (AvgIpc) is 3.65. The molecule has 0 saturated heterocycles. The van der Waals surface area contributed by atoms with E-state index in [9.17, 15) is 0 Å². The average molecular weight is 529 g/mol. The minimum absolute atomic E-state index is 0.624. The highest BCUT2D eigenvalue weighted by atomic mass is 16.3. The number of hydrogen-bond acceptors (Lipinski definition) is 4. The summed E-state index contributed by atoms with van der Waals surface area (Å²) in [5.74, 6) is 0.624. The van der Waals surface area contributed by atoms with Crippen molar-refractivity contribution >= 4 is 50.1 Å². The summed E-state index contributed by atoms with van der Waals surface area (Å²) in [5.41, 5.74) is 9.51. The largest absolute Gasteiger partial charge is 0.454 e.